The van der Waals surface area contributed by atoms with Crippen LogP contribution in [0.3, 0.4) is 0 Å². The van der Waals surface area contributed by atoms with E-state index in [0.717, 1.165) is 12.8 Å². The second kappa shape index (κ2) is 3.15. The number of aryl methyl sites for hydroxylation is 1. The fourth-order valence-electron chi connectivity index (χ4n) is 2.28. The van der Waals surface area contributed by atoms with Crippen molar-refractivity contribution in [3.8, 4) is 0 Å². The lowest BCUT2D eigenvalue weighted by Gasteiger charge is -2.41. The van der Waals surface area contributed by atoms with Crippen molar-refractivity contribution in [1.82, 2.24) is 0 Å². The van der Waals surface area contributed by atoms with E-state index < -0.39 is 0 Å². The first-order valence-corrected chi connectivity index (χ1v) is 4.95. The lowest BCUT2D eigenvalue weighted by Crippen LogP contribution is -2.38. The number of rotatable bonds is 2. The summed E-state index contributed by atoms with van der Waals surface area (Å²) < 4.78 is 0. The summed E-state index contributed by atoms with van der Waals surface area (Å²) in [6.07, 6.45) is 3.55. The molecule has 0 aliphatic heterocycles. The second-order valence-corrected chi connectivity index (χ2v) is 4.11. The molecule has 0 atom stereocenters. The van der Waals surface area contributed by atoms with Crippen molar-refractivity contribution in [2.24, 2.45) is 0 Å². The van der Waals surface area contributed by atoms with Crippen LogP contribution in [0.5, 0.6) is 0 Å². The van der Waals surface area contributed by atoms with E-state index in [1.165, 1.54) is 17.5 Å². The van der Waals surface area contributed by atoms with Crippen LogP contribution >= 0.6 is 0 Å². The predicted octanol–water partition coefficient (Wildman–Crippen LogP) is 2.41. The summed E-state index contributed by atoms with van der Waals surface area (Å²) in [7, 11) is 0. The molecule has 1 aliphatic carbocycles. The van der Waals surface area contributed by atoms with E-state index in [1.54, 1.807) is 0 Å². The molecule has 1 heteroatoms. The zero-order valence-corrected chi connectivity index (χ0v) is 8.09. The summed E-state index contributed by atoms with van der Waals surface area (Å²) in [6.45, 7) is 2.43. The van der Waals surface area contributed by atoms with Gasteiger partial charge < -0.3 is 5.11 Å². The van der Waals surface area contributed by atoms with Crippen LogP contribution in [-0.2, 0) is 5.41 Å². The lowest BCUT2D eigenvalue weighted by molar-refractivity contribution is 0.119. The fourth-order valence-corrected chi connectivity index (χ4v) is 2.28. The third-order valence-corrected chi connectivity index (χ3v) is 3.33. The molecule has 1 aromatic rings. The smallest absolute Gasteiger partial charge is 0.0528 e. The topological polar surface area (TPSA) is 20.2 Å². The summed E-state index contributed by atoms with van der Waals surface area (Å²) in [4.78, 5) is 0. The van der Waals surface area contributed by atoms with Crippen molar-refractivity contribution in [3.05, 3.63) is 35.4 Å². The molecule has 1 nitrogen and oxygen atoms in total. The van der Waals surface area contributed by atoms with Crippen LogP contribution in [-0.4, -0.2) is 11.7 Å². The first-order chi connectivity index (χ1) is 6.28. The Morgan fingerprint density at radius 3 is 2.46 bits per heavy atom. The van der Waals surface area contributed by atoms with Gasteiger partial charge in [0.25, 0.3) is 0 Å². The molecule has 0 amide bonds. The van der Waals surface area contributed by atoms with Gasteiger partial charge in [0.15, 0.2) is 0 Å². The van der Waals surface area contributed by atoms with Crippen LogP contribution in [0.4, 0.5) is 0 Å². The summed E-state index contributed by atoms with van der Waals surface area (Å²) >= 11 is 0. The Hall–Kier alpha value is -0.820. The number of hydrogen-bond acceptors (Lipinski definition) is 1. The van der Waals surface area contributed by atoms with Crippen LogP contribution in [0.15, 0.2) is 24.3 Å². The van der Waals surface area contributed by atoms with Gasteiger partial charge in [0.2, 0.25) is 0 Å². The molecule has 0 heterocycles. The van der Waals surface area contributed by atoms with Crippen LogP contribution in [0, 0.1) is 6.92 Å². The average molecular weight is 176 g/mol. The molecule has 13 heavy (non-hydrogen) atoms. The normalized spacial score (nSPS) is 19.5. The van der Waals surface area contributed by atoms with E-state index in [-0.39, 0.29) is 5.41 Å². The monoisotopic (exact) mass is 176 g/mol. The molecule has 1 N–H and O–H groups in total. The van der Waals surface area contributed by atoms with Gasteiger partial charge in [-0.3, -0.25) is 0 Å². The molecule has 1 saturated carbocycles. The number of aliphatic hydroxyl groups is 1. The SMILES string of the molecule is Cc1ccccc1C1(CO)CCC1. The molecule has 0 spiro atoms. The minimum absolute atomic E-state index is 0.103. The summed E-state index contributed by atoms with van der Waals surface area (Å²) in [6, 6.07) is 8.41. The summed E-state index contributed by atoms with van der Waals surface area (Å²) in [5, 5.41) is 9.41. The molecule has 1 aromatic carbocycles. The van der Waals surface area contributed by atoms with Crippen LogP contribution in [0.1, 0.15) is 30.4 Å². The van der Waals surface area contributed by atoms with Gasteiger partial charge in [-0.1, -0.05) is 30.7 Å². The zero-order chi connectivity index (χ0) is 9.31. The van der Waals surface area contributed by atoms with E-state index >= 15 is 0 Å². The molecular weight excluding hydrogens is 160 g/mol. The van der Waals surface area contributed by atoms with E-state index in [1.807, 2.05) is 0 Å². The maximum absolute atomic E-state index is 9.41. The highest BCUT2D eigenvalue weighted by molar-refractivity contribution is 5.35. The van der Waals surface area contributed by atoms with E-state index in [9.17, 15) is 5.11 Å². The van der Waals surface area contributed by atoms with Crippen molar-refractivity contribution in [2.75, 3.05) is 6.61 Å². The van der Waals surface area contributed by atoms with Gasteiger partial charge in [-0.2, -0.15) is 0 Å². The van der Waals surface area contributed by atoms with Crippen molar-refractivity contribution < 1.29 is 5.11 Å². The van der Waals surface area contributed by atoms with Crippen molar-refractivity contribution in [1.29, 1.82) is 0 Å². The highest BCUT2D eigenvalue weighted by atomic mass is 16.3. The second-order valence-electron chi connectivity index (χ2n) is 4.11. The first kappa shape index (κ1) is 8.76. The van der Waals surface area contributed by atoms with Gasteiger partial charge in [-0.05, 0) is 30.9 Å². The number of benzene rings is 1. The van der Waals surface area contributed by atoms with Crippen molar-refractivity contribution >= 4 is 0 Å². The maximum Gasteiger partial charge on any atom is 0.0528 e. The molecule has 1 fully saturated rings. The number of hydrogen-bond donors (Lipinski definition) is 1. The molecule has 0 saturated heterocycles. The Morgan fingerprint density at radius 2 is 2.00 bits per heavy atom. The Kier molecular flexibility index (Phi) is 2.12. The zero-order valence-electron chi connectivity index (χ0n) is 8.09. The molecule has 0 bridgehead atoms. The Balaban J connectivity index is 2.38. The Morgan fingerprint density at radius 1 is 1.31 bits per heavy atom. The predicted molar refractivity (Wildman–Crippen MR) is 53.8 cm³/mol. The Labute approximate surface area is 79.4 Å². The lowest BCUT2D eigenvalue weighted by atomic mass is 9.64. The van der Waals surface area contributed by atoms with Gasteiger partial charge in [-0.25, -0.2) is 0 Å². The van der Waals surface area contributed by atoms with Crippen LogP contribution in [0.2, 0.25) is 0 Å². The molecule has 0 radical (unpaired) electrons. The summed E-state index contributed by atoms with van der Waals surface area (Å²) in [5.74, 6) is 0. The third kappa shape index (κ3) is 1.28. The van der Waals surface area contributed by atoms with Crippen LogP contribution in [0.25, 0.3) is 0 Å². The third-order valence-electron chi connectivity index (χ3n) is 3.33. The molecule has 0 aromatic heterocycles. The number of aliphatic hydroxyl groups excluding tert-OH is 1. The van der Waals surface area contributed by atoms with Crippen molar-refractivity contribution in [3.63, 3.8) is 0 Å². The average Bonchev–Trinajstić information content (AvgIpc) is 2.07. The molecule has 70 valence electrons. The van der Waals surface area contributed by atoms with E-state index in [0.29, 0.717) is 6.61 Å². The highest BCUT2D eigenvalue weighted by Gasteiger charge is 2.38. The molecular formula is C12H16O. The van der Waals surface area contributed by atoms with Crippen molar-refractivity contribution in [2.45, 2.75) is 31.6 Å². The molecule has 2 rings (SSSR count). The van der Waals surface area contributed by atoms with Gasteiger partial charge in [0.1, 0.15) is 0 Å². The summed E-state index contributed by atoms with van der Waals surface area (Å²) in [5.41, 5.74) is 2.77. The highest BCUT2D eigenvalue weighted by Crippen LogP contribution is 2.44. The van der Waals surface area contributed by atoms with Gasteiger partial charge in [-0.15, -0.1) is 0 Å². The van der Waals surface area contributed by atoms with E-state index in [2.05, 4.69) is 31.2 Å². The minimum Gasteiger partial charge on any atom is -0.395 e. The van der Waals surface area contributed by atoms with E-state index in [4.69, 9.17) is 0 Å². The van der Waals surface area contributed by atoms with Crippen LogP contribution < -0.4 is 0 Å². The Bertz CT molecular complexity index is 294. The standard InChI is InChI=1S/C12H16O/c1-10-5-2-3-6-11(10)12(9-13)7-4-8-12/h2-3,5-6,13H,4,7-9H2,1H3. The largest absolute Gasteiger partial charge is 0.395 e. The van der Waals surface area contributed by atoms with Gasteiger partial charge in [0, 0.05) is 5.41 Å². The molecule has 0 unspecified atom stereocenters. The fraction of sp³-hybridized carbons (Fsp3) is 0.500. The molecule has 1 aliphatic rings. The first-order valence-electron chi connectivity index (χ1n) is 4.95. The van der Waals surface area contributed by atoms with Gasteiger partial charge >= 0.3 is 0 Å². The maximum atomic E-state index is 9.41. The minimum atomic E-state index is 0.103. The quantitative estimate of drug-likeness (QED) is 0.733. The van der Waals surface area contributed by atoms with Gasteiger partial charge in [0.05, 0.1) is 6.61 Å².